The number of benzene rings is 11. The van der Waals surface area contributed by atoms with Gasteiger partial charge in [-0.1, -0.05) is 179 Å². The predicted molar refractivity (Wildman–Crippen MR) is 320 cm³/mol. The van der Waals surface area contributed by atoms with Crippen LogP contribution in [0.3, 0.4) is 0 Å². The monoisotopic (exact) mass is 975 g/mol. The number of hydrogen-bond donors (Lipinski definition) is 1. The highest BCUT2D eigenvalue weighted by Gasteiger charge is 2.41. The van der Waals surface area contributed by atoms with Gasteiger partial charge in [-0.05, 0) is 138 Å². The summed E-state index contributed by atoms with van der Waals surface area (Å²) < 4.78 is 9.41. The zero-order valence-corrected chi connectivity index (χ0v) is 42.9. The Morgan fingerprint density at radius 1 is 0.453 bits per heavy atom. The first-order valence-corrected chi connectivity index (χ1v) is 27.0. The normalized spacial score (nSPS) is 14.4. The molecule has 0 fully saturated rings. The first-order valence-electron chi connectivity index (χ1n) is 26.1. The fraction of sp³-hybridized carbons (Fsp3) is 0.0857. The number of furan rings is 1. The van der Waals surface area contributed by atoms with Crippen LogP contribution in [0.1, 0.15) is 49.9 Å². The average molecular weight is 976 g/mol. The van der Waals surface area contributed by atoms with Crippen molar-refractivity contribution < 1.29 is 4.42 Å². The van der Waals surface area contributed by atoms with E-state index in [4.69, 9.17) is 4.42 Å². The summed E-state index contributed by atoms with van der Waals surface area (Å²) in [5.41, 5.74) is 24.7. The Labute approximate surface area is 440 Å². The molecule has 1 aliphatic heterocycles. The summed E-state index contributed by atoms with van der Waals surface area (Å²) in [6.45, 7) is 9.53. The van der Waals surface area contributed by atoms with E-state index >= 15 is 0 Å². The standard InChI is InChI=1S/C70H48BN2OS/c1-69(2)56-23-13-10-20-46(56)49-34-45(30-31-58(49)69)73-62-37-50-47-21-11-14-24-57(47)70(3,4)59(50)38-60(62)71-66-54(36-55-48-22-12-15-25-65(48)75-68(55)67(66)73)51-35-53-52-32-42-18-8-9-19-43(42)33-63(52)74-64(53)39-61(51)72-44-28-26-41(27-29-44)40-16-6-5-7-17-40/h5-39,72H,1-4H3. The number of rotatable bonds is 5. The van der Waals surface area contributed by atoms with Gasteiger partial charge >= 0.3 is 0 Å². The van der Waals surface area contributed by atoms with Crippen LogP contribution in [0.15, 0.2) is 217 Å². The summed E-state index contributed by atoms with van der Waals surface area (Å²) in [7, 11) is 2.51. The van der Waals surface area contributed by atoms with Crippen LogP contribution in [0.2, 0.25) is 0 Å². The molecule has 0 saturated carbocycles. The van der Waals surface area contributed by atoms with E-state index < -0.39 is 0 Å². The van der Waals surface area contributed by atoms with E-state index in [1.54, 1.807) is 0 Å². The summed E-state index contributed by atoms with van der Waals surface area (Å²) in [6.07, 6.45) is 0. The molecule has 3 nitrogen and oxygen atoms in total. The maximum absolute atomic E-state index is 6.87. The Kier molecular flexibility index (Phi) is 8.83. The number of nitrogens with one attached hydrogen (secondary N) is 1. The van der Waals surface area contributed by atoms with Gasteiger partial charge in [0.25, 0.3) is 0 Å². The van der Waals surface area contributed by atoms with Crippen LogP contribution in [0.4, 0.5) is 28.4 Å². The van der Waals surface area contributed by atoms with Gasteiger partial charge in [0.1, 0.15) is 11.2 Å². The van der Waals surface area contributed by atoms with Crippen LogP contribution in [0.5, 0.6) is 0 Å². The zero-order valence-electron chi connectivity index (χ0n) is 42.0. The molecule has 1 N–H and O–H groups in total. The van der Waals surface area contributed by atoms with Crippen molar-refractivity contribution in [3.63, 3.8) is 0 Å². The van der Waals surface area contributed by atoms with E-state index in [-0.39, 0.29) is 10.8 Å². The van der Waals surface area contributed by atoms with Gasteiger partial charge < -0.3 is 14.6 Å². The minimum Gasteiger partial charge on any atom is -0.456 e. The third-order valence-corrected chi connectivity index (χ3v) is 18.2. The van der Waals surface area contributed by atoms with Crippen LogP contribution in [-0.2, 0) is 10.8 Å². The van der Waals surface area contributed by atoms with E-state index in [1.165, 1.54) is 103 Å². The topological polar surface area (TPSA) is 28.4 Å². The number of nitrogens with zero attached hydrogens (tertiary/aromatic N) is 1. The highest BCUT2D eigenvalue weighted by Crippen LogP contribution is 2.55. The minimum atomic E-state index is -0.175. The molecule has 0 atom stereocenters. The Hall–Kier alpha value is -8.64. The lowest BCUT2D eigenvalue weighted by Gasteiger charge is -2.37. The van der Waals surface area contributed by atoms with Gasteiger partial charge in [0, 0.05) is 65.8 Å². The number of hydrogen-bond acceptors (Lipinski definition) is 4. The fourth-order valence-electron chi connectivity index (χ4n) is 13.3. The second-order valence-electron chi connectivity index (χ2n) is 21.9. The molecule has 1 radical (unpaired) electrons. The molecular formula is C70H48BN2OS. The first kappa shape index (κ1) is 42.8. The molecule has 0 unspecified atom stereocenters. The molecule has 353 valence electrons. The molecule has 2 aliphatic carbocycles. The summed E-state index contributed by atoms with van der Waals surface area (Å²) in [6, 6.07) is 79.0. The molecule has 13 aromatic rings. The van der Waals surface area contributed by atoms with Crippen molar-refractivity contribution in [2.75, 3.05) is 10.2 Å². The summed E-state index contributed by atoms with van der Waals surface area (Å²) >= 11 is 1.90. The van der Waals surface area contributed by atoms with Crippen LogP contribution < -0.4 is 21.1 Å². The summed E-state index contributed by atoms with van der Waals surface area (Å²) in [5, 5.41) is 11.0. The molecule has 5 heteroatoms. The third-order valence-electron chi connectivity index (χ3n) is 17.0. The molecule has 0 spiro atoms. The largest absolute Gasteiger partial charge is 0.456 e. The van der Waals surface area contributed by atoms with Gasteiger partial charge in [0.2, 0.25) is 0 Å². The van der Waals surface area contributed by atoms with E-state index in [1.807, 2.05) is 11.3 Å². The third kappa shape index (κ3) is 6.16. The van der Waals surface area contributed by atoms with Crippen LogP contribution in [-0.4, -0.2) is 7.28 Å². The molecule has 3 heterocycles. The number of anilines is 5. The second kappa shape index (κ2) is 15.5. The molecule has 75 heavy (non-hydrogen) atoms. The van der Waals surface area contributed by atoms with Gasteiger partial charge in [0.15, 0.2) is 7.28 Å². The van der Waals surface area contributed by atoms with Crippen LogP contribution >= 0.6 is 11.3 Å². The lowest BCUT2D eigenvalue weighted by molar-refractivity contribution is 0.660. The van der Waals surface area contributed by atoms with Crippen LogP contribution in [0, 0.1) is 0 Å². The highest BCUT2D eigenvalue weighted by molar-refractivity contribution is 7.26. The van der Waals surface area contributed by atoms with E-state index in [0.29, 0.717) is 0 Å². The second-order valence-corrected chi connectivity index (χ2v) is 23.0. The van der Waals surface area contributed by atoms with Gasteiger partial charge in [-0.25, -0.2) is 0 Å². The van der Waals surface area contributed by atoms with E-state index in [9.17, 15) is 0 Å². The molecule has 11 aromatic carbocycles. The van der Waals surface area contributed by atoms with Crippen molar-refractivity contribution in [1.82, 2.24) is 0 Å². The Balaban J connectivity index is 0.998. The summed E-state index contributed by atoms with van der Waals surface area (Å²) in [5.74, 6) is 0. The quantitative estimate of drug-likeness (QED) is 0.174. The van der Waals surface area contributed by atoms with E-state index in [2.05, 4.69) is 258 Å². The lowest BCUT2D eigenvalue weighted by atomic mass is 9.57. The van der Waals surface area contributed by atoms with E-state index in [0.717, 1.165) is 55.5 Å². The molecule has 0 amide bonds. The highest BCUT2D eigenvalue weighted by atomic mass is 32.1. The molecule has 2 aromatic heterocycles. The first-order chi connectivity index (χ1) is 36.7. The van der Waals surface area contributed by atoms with Crippen molar-refractivity contribution in [2.24, 2.45) is 0 Å². The van der Waals surface area contributed by atoms with Crippen molar-refractivity contribution in [2.45, 2.75) is 38.5 Å². The Morgan fingerprint density at radius 3 is 1.85 bits per heavy atom. The SMILES string of the molecule is CC1(C)c2ccccc2-c2cc(N3c4cc5c(cc4[B]c4c(-c6cc7c(cc6Nc6ccc(-c8ccccc8)cc6)oc6cc8ccccc8cc67)cc6c(sc7ccccc76)c43)C(C)(C)c3ccccc3-5)ccc21. The minimum absolute atomic E-state index is 0.120. The van der Waals surface area contributed by atoms with Gasteiger partial charge in [-0.15, -0.1) is 11.3 Å². The molecule has 16 rings (SSSR count). The molecule has 0 bridgehead atoms. The van der Waals surface area contributed by atoms with Crippen molar-refractivity contribution in [3.8, 4) is 44.5 Å². The Bertz CT molecular complexity index is 4600. The van der Waals surface area contributed by atoms with Gasteiger partial charge in [0.05, 0.1) is 16.1 Å². The molecule has 3 aliphatic rings. The van der Waals surface area contributed by atoms with Crippen LogP contribution in [0.25, 0.3) is 97.4 Å². The molecule has 0 saturated heterocycles. The summed E-state index contributed by atoms with van der Waals surface area (Å²) in [4.78, 5) is 2.63. The van der Waals surface area contributed by atoms with Crippen molar-refractivity contribution in [1.29, 1.82) is 0 Å². The van der Waals surface area contributed by atoms with Gasteiger partial charge in [-0.2, -0.15) is 0 Å². The molecular weight excluding hydrogens is 928 g/mol. The van der Waals surface area contributed by atoms with Gasteiger partial charge in [-0.3, -0.25) is 0 Å². The number of thiophene rings is 1. The maximum Gasteiger partial charge on any atom is 0.197 e. The predicted octanol–water partition coefficient (Wildman–Crippen LogP) is 18.2. The smallest absolute Gasteiger partial charge is 0.197 e. The average Bonchev–Trinajstić information content (AvgIpc) is 4.13. The zero-order chi connectivity index (χ0) is 49.9. The fourth-order valence-corrected chi connectivity index (χ4v) is 14.5. The number of fused-ring (bicyclic) bond motifs is 16. The van der Waals surface area contributed by atoms with Crippen molar-refractivity contribution >= 4 is 111 Å². The van der Waals surface area contributed by atoms with Crippen molar-refractivity contribution in [3.05, 3.63) is 235 Å². The maximum atomic E-state index is 6.87. The Morgan fingerprint density at radius 2 is 1.07 bits per heavy atom. The lowest BCUT2D eigenvalue weighted by Crippen LogP contribution is -2.41.